The summed E-state index contributed by atoms with van der Waals surface area (Å²) in [5.41, 5.74) is 0. The van der Waals surface area contributed by atoms with Gasteiger partial charge < -0.3 is 29.9 Å². The maximum absolute atomic E-state index is 7.57. The Hall–Kier alpha value is 1.31. The van der Waals surface area contributed by atoms with Crippen LogP contribution in [0.4, 0.5) is 0 Å². The van der Waals surface area contributed by atoms with E-state index in [1.54, 1.807) is 6.92 Å². The Morgan fingerprint density at radius 3 is 1.33 bits per heavy atom. The van der Waals surface area contributed by atoms with Crippen LogP contribution in [0.2, 0.25) is 0 Å². The fourth-order valence-corrected chi connectivity index (χ4v) is 0. The van der Waals surface area contributed by atoms with Crippen molar-refractivity contribution in [1.29, 1.82) is 0 Å². The van der Waals surface area contributed by atoms with Gasteiger partial charge in [-0.1, -0.05) is 0 Å². The van der Waals surface area contributed by atoms with Gasteiger partial charge in [0.15, 0.2) is 0 Å². The van der Waals surface area contributed by atoms with Gasteiger partial charge in [0.05, 0.1) is 0 Å². The van der Waals surface area contributed by atoms with E-state index in [1.165, 1.54) is 0 Å². The third-order valence-corrected chi connectivity index (χ3v) is 0. The molecule has 1 N–H and O–H groups in total. The minimum absolute atomic E-state index is 0. The quantitative estimate of drug-likeness (QED) is 0.333. The molecule has 0 aliphatic heterocycles. The van der Waals surface area contributed by atoms with Crippen LogP contribution in [0, 0.1) is 0 Å². The Balaban J connectivity index is -0.00000000667. The second kappa shape index (κ2) is 33.4. The summed E-state index contributed by atoms with van der Waals surface area (Å²) >= 11 is 0. The number of halogens is 2. The molecule has 0 amide bonds. The first-order valence-electron chi connectivity index (χ1n) is 1.02. The Bertz CT molecular complexity index is 11.5. The molecule has 0 radical (unpaired) electrons. The second-order valence-corrected chi connectivity index (χ2v) is 0.316. The van der Waals surface area contributed by atoms with Crippen molar-refractivity contribution in [2.45, 2.75) is 6.92 Å². The van der Waals surface area contributed by atoms with Gasteiger partial charge in [0, 0.05) is 6.61 Å². The molecule has 0 aliphatic carbocycles. The summed E-state index contributed by atoms with van der Waals surface area (Å²) in [5, 5.41) is 7.57. The largest absolute Gasteiger partial charge is 2.00 e. The zero-order valence-electron chi connectivity index (χ0n) is 3.62. The van der Waals surface area contributed by atoms with Crippen molar-refractivity contribution in [1.82, 2.24) is 0 Å². The maximum Gasteiger partial charge on any atom is 2.00 e. The molecular weight excluding hydrogens is 135 g/mol. The number of aliphatic hydroxyl groups excluding tert-OH is 1. The normalized spacial score (nSPS) is 3.00. The molecule has 0 bridgehead atoms. The van der Waals surface area contributed by atoms with E-state index in [1.807, 2.05) is 0 Å². The molecular formula is C2H6Cl2MgO. The van der Waals surface area contributed by atoms with Gasteiger partial charge in [-0.05, 0) is 6.92 Å². The Kier molecular flexibility index (Phi) is 148. The van der Waals surface area contributed by atoms with Gasteiger partial charge in [0.1, 0.15) is 0 Å². The van der Waals surface area contributed by atoms with Gasteiger partial charge in [0.25, 0.3) is 0 Å². The molecule has 0 aliphatic rings. The van der Waals surface area contributed by atoms with Crippen LogP contribution >= 0.6 is 0 Å². The molecule has 0 rings (SSSR count). The van der Waals surface area contributed by atoms with Crippen molar-refractivity contribution in [3.63, 3.8) is 0 Å². The molecule has 0 unspecified atom stereocenters. The average molecular weight is 141 g/mol. The van der Waals surface area contributed by atoms with Crippen molar-refractivity contribution >= 4 is 23.1 Å². The first kappa shape index (κ1) is 26.6. The molecule has 1 nitrogen and oxygen atoms in total. The van der Waals surface area contributed by atoms with E-state index >= 15 is 0 Å². The summed E-state index contributed by atoms with van der Waals surface area (Å²) in [4.78, 5) is 0. The number of hydrogen-bond donors (Lipinski definition) is 1. The number of hydrogen-bond acceptors (Lipinski definition) is 1. The predicted octanol–water partition coefficient (Wildman–Crippen LogP) is -6.37. The topological polar surface area (TPSA) is 20.2 Å². The minimum Gasteiger partial charge on any atom is -1.00 e. The smallest absolute Gasteiger partial charge is 1.00 e. The van der Waals surface area contributed by atoms with Gasteiger partial charge in [-0.15, -0.1) is 0 Å². The van der Waals surface area contributed by atoms with Gasteiger partial charge in [-0.25, -0.2) is 0 Å². The molecule has 0 heterocycles. The van der Waals surface area contributed by atoms with Gasteiger partial charge >= 0.3 is 23.1 Å². The molecule has 0 aromatic carbocycles. The van der Waals surface area contributed by atoms with E-state index in [-0.39, 0.29) is 54.5 Å². The standard InChI is InChI=1S/C2H6O.2ClH.Mg/c1-2-3;;;/h3H,2H2,1H3;2*1H;/q;;;+2/p-2. The van der Waals surface area contributed by atoms with Crippen LogP contribution in [0.5, 0.6) is 0 Å². The van der Waals surface area contributed by atoms with E-state index in [0.717, 1.165) is 0 Å². The van der Waals surface area contributed by atoms with Crippen molar-refractivity contribution < 1.29 is 29.9 Å². The predicted molar refractivity (Wildman–Crippen MR) is 18.5 cm³/mol. The summed E-state index contributed by atoms with van der Waals surface area (Å²) in [6.45, 7) is 1.93. The molecule has 6 heavy (non-hydrogen) atoms. The molecule has 0 spiro atoms. The summed E-state index contributed by atoms with van der Waals surface area (Å²) in [5.74, 6) is 0. The fraction of sp³-hybridized carbons (Fsp3) is 1.00. The van der Waals surface area contributed by atoms with Crippen LogP contribution in [-0.2, 0) is 0 Å². The van der Waals surface area contributed by atoms with Crippen molar-refractivity contribution in [2.24, 2.45) is 0 Å². The zero-order valence-corrected chi connectivity index (χ0v) is 6.54. The molecule has 0 saturated heterocycles. The van der Waals surface area contributed by atoms with Gasteiger partial charge in [0.2, 0.25) is 0 Å². The van der Waals surface area contributed by atoms with Crippen LogP contribution in [0.25, 0.3) is 0 Å². The van der Waals surface area contributed by atoms with E-state index in [4.69, 9.17) is 5.11 Å². The number of aliphatic hydroxyl groups is 1. The maximum atomic E-state index is 7.57. The minimum atomic E-state index is 0. The fourth-order valence-electron chi connectivity index (χ4n) is 0. The van der Waals surface area contributed by atoms with Crippen LogP contribution in [0.1, 0.15) is 6.92 Å². The van der Waals surface area contributed by atoms with Crippen LogP contribution in [-0.4, -0.2) is 34.8 Å². The first-order chi connectivity index (χ1) is 1.41. The van der Waals surface area contributed by atoms with E-state index < -0.39 is 0 Å². The number of rotatable bonds is 0. The molecule has 0 aromatic heterocycles. The van der Waals surface area contributed by atoms with Crippen LogP contribution in [0.3, 0.4) is 0 Å². The Morgan fingerprint density at radius 2 is 1.33 bits per heavy atom. The Morgan fingerprint density at radius 1 is 1.33 bits per heavy atom. The first-order valence-corrected chi connectivity index (χ1v) is 1.02. The average Bonchev–Trinajstić information content (AvgIpc) is 0.918. The van der Waals surface area contributed by atoms with Gasteiger partial charge in [-0.3, -0.25) is 0 Å². The summed E-state index contributed by atoms with van der Waals surface area (Å²) < 4.78 is 0. The SMILES string of the molecule is CCO.[Cl-].[Cl-].[Mg+2]. The third-order valence-electron chi connectivity index (χ3n) is 0. The summed E-state index contributed by atoms with van der Waals surface area (Å²) in [6.07, 6.45) is 0. The van der Waals surface area contributed by atoms with E-state index in [2.05, 4.69) is 0 Å². The zero-order chi connectivity index (χ0) is 2.71. The van der Waals surface area contributed by atoms with Crippen LogP contribution in [0.15, 0.2) is 0 Å². The molecule has 0 fully saturated rings. The van der Waals surface area contributed by atoms with Crippen molar-refractivity contribution in [3.05, 3.63) is 0 Å². The second-order valence-electron chi connectivity index (χ2n) is 0.316. The molecule has 0 atom stereocenters. The monoisotopic (exact) mass is 140 g/mol. The van der Waals surface area contributed by atoms with Crippen molar-refractivity contribution in [3.8, 4) is 0 Å². The van der Waals surface area contributed by atoms with E-state index in [0.29, 0.717) is 0 Å². The molecule has 36 valence electrons. The molecule has 0 saturated carbocycles. The Labute approximate surface area is 66.5 Å². The summed E-state index contributed by atoms with van der Waals surface area (Å²) in [7, 11) is 0. The molecule has 0 aromatic rings. The third kappa shape index (κ3) is 57.7. The molecule has 4 heteroatoms. The van der Waals surface area contributed by atoms with Gasteiger partial charge in [-0.2, -0.15) is 0 Å². The van der Waals surface area contributed by atoms with E-state index in [9.17, 15) is 0 Å². The summed E-state index contributed by atoms with van der Waals surface area (Å²) in [6, 6.07) is 0. The van der Waals surface area contributed by atoms with Crippen LogP contribution < -0.4 is 24.8 Å². The van der Waals surface area contributed by atoms with Crippen molar-refractivity contribution in [2.75, 3.05) is 6.61 Å².